The Balaban J connectivity index is 0.000000590. The summed E-state index contributed by atoms with van der Waals surface area (Å²) in [5.74, 6) is 1.59. The van der Waals surface area contributed by atoms with E-state index in [1.165, 1.54) is 12.0 Å². The van der Waals surface area contributed by atoms with Gasteiger partial charge in [-0.3, -0.25) is 9.97 Å². The molecule has 0 saturated carbocycles. The van der Waals surface area contributed by atoms with Crippen LogP contribution in [-0.4, -0.2) is 25.7 Å². The first-order chi connectivity index (χ1) is 15.0. The van der Waals surface area contributed by atoms with Crippen LogP contribution < -0.4 is 0 Å². The van der Waals surface area contributed by atoms with Crippen LogP contribution in [0.4, 0.5) is 0 Å². The molecule has 4 unspecified atom stereocenters. The van der Waals surface area contributed by atoms with Gasteiger partial charge in [-0.05, 0) is 62.8 Å². The number of nitrogens with zero attached hydrogens (tertiary/aromatic N) is 6. The van der Waals surface area contributed by atoms with Gasteiger partial charge >= 0.3 is 0 Å². The van der Waals surface area contributed by atoms with Crippen molar-refractivity contribution in [3.63, 3.8) is 0 Å². The van der Waals surface area contributed by atoms with E-state index < -0.39 is 9.73 Å². The largest absolute Gasteiger partial charge is 0.261 e. The first-order valence-corrected chi connectivity index (χ1v) is 13.4. The fourth-order valence-electron chi connectivity index (χ4n) is 3.88. The highest BCUT2D eigenvalue weighted by Crippen LogP contribution is 2.36. The second kappa shape index (κ2) is 13.2. The van der Waals surface area contributed by atoms with Gasteiger partial charge in [0.25, 0.3) is 0 Å². The highest BCUT2D eigenvalue weighted by atomic mass is 32.2. The fraction of sp³-hybridized carbons (Fsp3) is 0.500. The van der Waals surface area contributed by atoms with E-state index in [0.29, 0.717) is 11.0 Å². The molecule has 4 rings (SSSR count). The molecule has 4 atom stereocenters. The molecule has 0 bridgehead atoms. The van der Waals surface area contributed by atoms with E-state index in [4.69, 9.17) is 10.5 Å². The molecule has 0 aliphatic carbocycles. The van der Waals surface area contributed by atoms with Crippen molar-refractivity contribution in [3.05, 3.63) is 59.2 Å². The number of aromatic nitrogens is 2. The van der Waals surface area contributed by atoms with Crippen LogP contribution >= 0.6 is 0 Å². The summed E-state index contributed by atoms with van der Waals surface area (Å²) in [6.45, 7) is 3.90. The standard InChI is InChI=1S/C11H13N3OS.C11H13N3S.2CH4.H2/c1-9-4-5-10(7-13-9)11-3-2-6-16(11,15)14-8-12;1-9-4-5-10(7-13-9)11-3-2-6-15(11)14-8-12;;;/h4-5,7,11H,2-3,6H2,1H3;4-5,7,11H,2-3,6H2,1H3;2*1H4;1H/i;;;;1+1. The summed E-state index contributed by atoms with van der Waals surface area (Å²) in [7, 11) is -2.49. The lowest BCUT2D eigenvalue weighted by Crippen LogP contribution is -2.08. The molecule has 33 heavy (non-hydrogen) atoms. The monoisotopic (exact) mass is 489 g/mol. The fourth-order valence-corrected chi connectivity index (χ4v) is 8.16. The zero-order valence-corrected chi connectivity index (χ0v) is 19.4. The SMILES string of the molecule is C.C.Cc1ccc(C2CCCS2(=O)=NC#N)cn1.Cc1ccc(C2CCCS2=NC#N)cn1.[2HH]. The molecule has 2 saturated heterocycles. The Labute approximate surface area is 203 Å². The van der Waals surface area contributed by atoms with Gasteiger partial charge in [0.05, 0.1) is 15.0 Å². The third-order valence-corrected chi connectivity index (χ3v) is 10.3. The van der Waals surface area contributed by atoms with Crippen molar-refractivity contribution in [2.45, 2.75) is 64.9 Å². The Morgan fingerprint density at radius 2 is 1.64 bits per heavy atom. The molecule has 2 aliphatic heterocycles. The minimum absolute atomic E-state index is 0. The number of aryl methyl sites for hydroxylation is 2. The van der Waals surface area contributed by atoms with Gasteiger partial charge in [0.15, 0.2) is 0 Å². The van der Waals surface area contributed by atoms with Gasteiger partial charge in [-0.15, -0.1) is 4.36 Å². The molecule has 0 radical (unpaired) electrons. The summed E-state index contributed by atoms with van der Waals surface area (Å²) in [6.07, 6.45) is 11.3. The average molecular weight is 490 g/mol. The predicted molar refractivity (Wildman–Crippen MR) is 139 cm³/mol. The maximum Gasteiger partial charge on any atom is 0.214 e. The summed E-state index contributed by atoms with van der Waals surface area (Å²) in [4.78, 5) is 8.50. The number of hydrogen-bond donors (Lipinski definition) is 0. The highest BCUT2D eigenvalue weighted by molar-refractivity contribution is 7.94. The number of hydrogen-bond acceptors (Lipinski definition) is 7. The number of rotatable bonds is 2. The van der Waals surface area contributed by atoms with Crippen LogP contribution in [0.2, 0.25) is 0 Å². The Hall–Kier alpha value is -2.62. The van der Waals surface area contributed by atoms with E-state index in [1.807, 2.05) is 44.4 Å². The molecule has 2 fully saturated rings. The Kier molecular flexibility index (Phi) is 11.3. The number of nitriles is 2. The molecule has 2 aromatic rings. The molecule has 0 spiro atoms. The lowest BCUT2D eigenvalue weighted by atomic mass is 10.1. The van der Waals surface area contributed by atoms with Crippen LogP contribution in [0.1, 0.15) is 75.0 Å². The van der Waals surface area contributed by atoms with Crippen LogP contribution in [-0.2, 0) is 20.4 Å². The van der Waals surface area contributed by atoms with Crippen molar-refractivity contribution in [2.75, 3.05) is 11.5 Å². The average Bonchev–Trinajstić information content (AvgIpc) is 3.37. The van der Waals surface area contributed by atoms with Gasteiger partial charge in [0.2, 0.25) is 12.4 Å². The molecule has 2 aliphatic rings. The van der Waals surface area contributed by atoms with Crippen molar-refractivity contribution < 1.29 is 5.64 Å². The van der Waals surface area contributed by atoms with Crippen LogP contribution in [0.25, 0.3) is 0 Å². The van der Waals surface area contributed by atoms with E-state index in [2.05, 4.69) is 24.8 Å². The highest BCUT2D eigenvalue weighted by Gasteiger charge is 2.31. The molecule has 4 heterocycles. The van der Waals surface area contributed by atoms with Gasteiger partial charge < -0.3 is 0 Å². The molecular weight excluding hydrogens is 452 g/mol. The van der Waals surface area contributed by atoms with Gasteiger partial charge in [-0.1, -0.05) is 37.7 Å². The topological polar surface area (TPSA) is 115 Å². The molecular formula is C24H36N6OS2. The minimum Gasteiger partial charge on any atom is -0.261 e. The van der Waals surface area contributed by atoms with E-state index in [0.717, 1.165) is 42.0 Å². The van der Waals surface area contributed by atoms with Gasteiger partial charge in [-0.25, -0.2) is 4.21 Å². The third kappa shape index (κ3) is 7.18. The van der Waals surface area contributed by atoms with E-state index in [9.17, 15) is 4.21 Å². The maximum atomic E-state index is 12.4. The lowest BCUT2D eigenvalue weighted by Gasteiger charge is -2.11. The summed E-state index contributed by atoms with van der Waals surface area (Å²) in [6, 6.07) is 7.98. The lowest BCUT2D eigenvalue weighted by molar-refractivity contribution is 0.672. The van der Waals surface area contributed by atoms with Crippen molar-refractivity contribution >= 4 is 20.4 Å². The minimum atomic E-state index is -2.39. The zero-order chi connectivity index (χ0) is 22.3. The molecule has 0 aromatic carbocycles. The van der Waals surface area contributed by atoms with Gasteiger partial charge in [-0.2, -0.15) is 14.9 Å². The first kappa shape index (κ1) is 28.4. The Bertz CT molecular complexity index is 1140. The molecule has 9 heteroatoms. The van der Waals surface area contributed by atoms with Crippen molar-refractivity contribution in [1.29, 1.82) is 10.5 Å². The predicted octanol–water partition coefficient (Wildman–Crippen LogP) is 6.20. The maximum absolute atomic E-state index is 12.4. The van der Waals surface area contributed by atoms with Crippen molar-refractivity contribution in [3.8, 4) is 12.4 Å². The Morgan fingerprint density at radius 1 is 1.00 bits per heavy atom. The smallest absolute Gasteiger partial charge is 0.214 e. The molecule has 7 nitrogen and oxygen atoms in total. The molecule has 180 valence electrons. The van der Waals surface area contributed by atoms with Crippen molar-refractivity contribution in [2.24, 2.45) is 8.73 Å². The van der Waals surface area contributed by atoms with Gasteiger partial charge in [0, 0.05) is 42.0 Å². The van der Waals surface area contributed by atoms with E-state index in [1.54, 1.807) is 12.4 Å². The molecule has 0 N–H and O–H groups in total. The number of pyridine rings is 2. The molecule has 2 aromatic heterocycles. The van der Waals surface area contributed by atoms with Crippen LogP contribution in [0, 0.1) is 36.8 Å². The summed E-state index contributed by atoms with van der Waals surface area (Å²) in [5, 5.41) is 17.5. The molecule has 0 amide bonds. The zero-order valence-electron chi connectivity index (χ0n) is 17.8. The van der Waals surface area contributed by atoms with Gasteiger partial charge in [0.1, 0.15) is 0 Å². The second-order valence-electron chi connectivity index (χ2n) is 7.61. The normalized spacial score (nSPS) is 25.4. The quantitative estimate of drug-likeness (QED) is 0.466. The van der Waals surface area contributed by atoms with Crippen LogP contribution in [0.3, 0.4) is 0 Å². The first-order valence-electron chi connectivity index (χ1n) is 10.2. The van der Waals surface area contributed by atoms with Crippen LogP contribution in [0.15, 0.2) is 45.4 Å². The van der Waals surface area contributed by atoms with E-state index >= 15 is 0 Å². The summed E-state index contributed by atoms with van der Waals surface area (Å²) in [5.41, 5.74) is 4.15. The summed E-state index contributed by atoms with van der Waals surface area (Å²) < 4.78 is 20.0. The summed E-state index contributed by atoms with van der Waals surface area (Å²) >= 11 is 0. The third-order valence-electron chi connectivity index (χ3n) is 5.46. The Morgan fingerprint density at radius 3 is 2.18 bits per heavy atom. The second-order valence-corrected chi connectivity index (χ2v) is 12.1. The van der Waals surface area contributed by atoms with Crippen LogP contribution in [0.5, 0.6) is 0 Å². The van der Waals surface area contributed by atoms with E-state index in [-0.39, 0.29) is 32.2 Å². The van der Waals surface area contributed by atoms with Crippen molar-refractivity contribution in [1.82, 2.24) is 9.97 Å².